The van der Waals surface area contributed by atoms with Crippen LogP contribution in [-0.4, -0.2) is 44.4 Å². The van der Waals surface area contributed by atoms with E-state index in [-0.39, 0.29) is 12.6 Å². The fourth-order valence-electron chi connectivity index (χ4n) is 1.79. The van der Waals surface area contributed by atoms with Crippen LogP contribution in [-0.2, 0) is 9.53 Å². The van der Waals surface area contributed by atoms with Gasteiger partial charge >= 0.3 is 6.18 Å². The third-order valence-electron chi connectivity index (χ3n) is 2.67. The van der Waals surface area contributed by atoms with E-state index in [0.717, 1.165) is 25.9 Å². The van der Waals surface area contributed by atoms with Crippen molar-refractivity contribution in [3.8, 4) is 0 Å². The predicted octanol–water partition coefficient (Wildman–Crippen LogP) is 1.21. The maximum absolute atomic E-state index is 11.8. The van der Waals surface area contributed by atoms with Gasteiger partial charge in [0.25, 0.3) is 0 Å². The molecule has 1 amide bonds. The minimum absolute atomic E-state index is 0.169. The normalized spacial score (nSPS) is 20.7. The summed E-state index contributed by atoms with van der Waals surface area (Å²) in [5, 5.41) is 4.61. The van der Waals surface area contributed by atoms with Gasteiger partial charge in [-0.2, -0.15) is 13.2 Å². The summed E-state index contributed by atoms with van der Waals surface area (Å²) in [6, 6.07) is 0. The highest BCUT2D eigenvalue weighted by Crippen LogP contribution is 2.14. The monoisotopic (exact) mass is 268 g/mol. The van der Waals surface area contributed by atoms with Crippen LogP contribution in [0.1, 0.15) is 25.7 Å². The lowest BCUT2D eigenvalue weighted by atomic mass is 10.1. The molecule has 106 valence electrons. The minimum atomic E-state index is -4.28. The Morgan fingerprint density at radius 3 is 2.72 bits per heavy atom. The largest absolute Gasteiger partial charge is 0.401 e. The van der Waals surface area contributed by atoms with E-state index in [1.165, 1.54) is 0 Å². The van der Waals surface area contributed by atoms with E-state index in [9.17, 15) is 18.0 Å². The summed E-state index contributed by atoms with van der Waals surface area (Å²) in [5.41, 5.74) is 0. The number of ether oxygens (including phenoxy) is 1. The van der Waals surface area contributed by atoms with Gasteiger partial charge in [-0.25, -0.2) is 0 Å². The van der Waals surface area contributed by atoms with Crippen molar-refractivity contribution in [2.24, 2.45) is 0 Å². The molecule has 0 aliphatic carbocycles. The fourth-order valence-corrected chi connectivity index (χ4v) is 1.79. The molecule has 1 aliphatic heterocycles. The van der Waals surface area contributed by atoms with Crippen LogP contribution in [0.25, 0.3) is 0 Å². The van der Waals surface area contributed by atoms with Gasteiger partial charge in [0, 0.05) is 13.2 Å². The number of halogens is 3. The Hall–Kier alpha value is -0.820. The highest BCUT2D eigenvalue weighted by molar-refractivity contribution is 5.77. The summed E-state index contributed by atoms with van der Waals surface area (Å²) < 4.78 is 40.8. The van der Waals surface area contributed by atoms with Crippen LogP contribution in [0.2, 0.25) is 0 Å². The van der Waals surface area contributed by atoms with Gasteiger partial charge < -0.3 is 15.4 Å². The molecule has 1 fully saturated rings. The van der Waals surface area contributed by atoms with Crippen molar-refractivity contribution in [2.75, 3.05) is 26.2 Å². The molecule has 0 aromatic rings. The molecule has 4 nitrogen and oxygen atoms in total. The van der Waals surface area contributed by atoms with Crippen molar-refractivity contribution in [2.45, 2.75) is 38.0 Å². The summed E-state index contributed by atoms with van der Waals surface area (Å²) in [6.07, 6.45) is -0.207. The second kappa shape index (κ2) is 7.58. The van der Waals surface area contributed by atoms with Crippen molar-refractivity contribution < 1.29 is 22.7 Å². The molecule has 18 heavy (non-hydrogen) atoms. The molecule has 1 rings (SSSR count). The number of hydrogen-bond donors (Lipinski definition) is 2. The number of amides is 1. The van der Waals surface area contributed by atoms with E-state index in [1.807, 2.05) is 5.32 Å². The lowest BCUT2D eigenvalue weighted by Crippen LogP contribution is -2.39. The molecule has 7 heteroatoms. The zero-order valence-corrected chi connectivity index (χ0v) is 10.2. The van der Waals surface area contributed by atoms with Crippen molar-refractivity contribution in [3.63, 3.8) is 0 Å². The zero-order valence-electron chi connectivity index (χ0n) is 10.2. The predicted molar refractivity (Wildman–Crippen MR) is 60.1 cm³/mol. The molecule has 0 bridgehead atoms. The average Bonchev–Trinajstić information content (AvgIpc) is 2.28. The highest BCUT2D eigenvalue weighted by Gasteiger charge is 2.26. The first-order chi connectivity index (χ1) is 8.47. The van der Waals surface area contributed by atoms with Crippen LogP contribution in [0, 0.1) is 0 Å². The number of alkyl halides is 3. The van der Waals surface area contributed by atoms with Gasteiger partial charge in [-0.15, -0.1) is 0 Å². The first kappa shape index (κ1) is 15.2. The van der Waals surface area contributed by atoms with Crippen LogP contribution in [0.4, 0.5) is 13.2 Å². The Morgan fingerprint density at radius 1 is 1.33 bits per heavy atom. The smallest absolute Gasteiger partial charge is 0.378 e. The Bertz CT molecular complexity index is 253. The lowest BCUT2D eigenvalue weighted by molar-refractivity contribution is -0.128. The quantitative estimate of drug-likeness (QED) is 0.761. The number of hydrogen-bond acceptors (Lipinski definition) is 3. The second-order valence-electron chi connectivity index (χ2n) is 4.35. The Kier molecular flexibility index (Phi) is 6.42. The van der Waals surface area contributed by atoms with Crippen molar-refractivity contribution in [1.82, 2.24) is 10.6 Å². The Labute approximate surface area is 104 Å². The van der Waals surface area contributed by atoms with Gasteiger partial charge in [0.15, 0.2) is 0 Å². The van der Waals surface area contributed by atoms with E-state index in [2.05, 4.69) is 5.32 Å². The molecule has 0 radical (unpaired) electrons. The Morgan fingerprint density at radius 2 is 2.11 bits per heavy atom. The first-order valence-electron chi connectivity index (χ1n) is 6.13. The molecule has 1 aliphatic rings. The van der Waals surface area contributed by atoms with Crippen molar-refractivity contribution >= 4 is 5.91 Å². The number of carbonyl (C=O) groups excluding carboxylic acids is 1. The maximum atomic E-state index is 11.8. The van der Waals surface area contributed by atoms with Crippen LogP contribution in [0.15, 0.2) is 0 Å². The Balaban J connectivity index is 1.99. The molecular weight excluding hydrogens is 249 g/mol. The lowest BCUT2D eigenvalue weighted by Gasteiger charge is -2.22. The summed E-state index contributed by atoms with van der Waals surface area (Å²) in [7, 11) is 0. The highest BCUT2D eigenvalue weighted by atomic mass is 19.4. The SMILES string of the molecule is O=C(CNCC(F)(F)F)NCCC1CCCCO1. The topological polar surface area (TPSA) is 50.4 Å². The van der Waals surface area contributed by atoms with Crippen molar-refractivity contribution in [1.29, 1.82) is 0 Å². The molecule has 0 saturated carbocycles. The van der Waals surface area contributed by atoms with Gasteiger partial charge in [0.2, 0.25) is 5.91 Å². The molecule has 1 heterocycles. The molecular formula is C11H19F3N2O2. The fraction of sp³-hybridized carbons (Fsp3) is 0.909. The third kappa shape index (κ3) is 7.50. The van der Waals surface area contributed by atoms with Crippen molar-refractivity contribution in [3.05, 3.63) is 0 Å². The summed E-state index contributed by atoms with van der Waals surface area (Å²) in [5.74, 6) is -0.421. The van der Waals surface area contributed by atoms with Gasteiger partial charge in [0.1, 0.15) is 0 Å². The van der Waals surface area contributed by atoms with Crippen LogP contribution in [0.3, 0.4) is 0 Å². The minimum Gasteiger partial charge on any atom is -0.378 e. The second-order valence-corrected chi connectivity index (χ2v) is 4.35. The number of carbonyl (C=O) groups is 1. The molecule has 0 aromatic heterocycles. The van der Waals surface area contributed by atoms with Gasteiger partial charge in [-0.05, 0) is 25.7 Å². The molecule has 0 spiro atoms. The number of nitrogens with one attached hydrogen (secondary N) is 2. The van der Waals surface area contributed by atoms with Gasteiger partial charge in [0.05, 0.1) is 19.2 Å². The first-order valence-corrected chi connectivity index (χ1v) is 6.13. The van der Waals surface area contributed by atoms with E-state index in [4.69, 9.17) is 4.74 Å². The molecule has 1 saturated heterocycles. The molecule has 2 N–H and O–H groups in total. The number of rotatable bonds is 6. The van der Waals surface area contributed by atoms with E-state index in [1.54, 1.807) is 0 Å². The standard InChI is InChI=1S/C11H19F3N2O2/c12-11(13,14)8-15-7-10(17)16-5-4-9-3-1-2-6-18-9/h9,15H,1-8H2,(H,16,17). The zero-order chi connectivity index (χ0) is 13.4. The van der Waals surface area contributed by atoms with Crippen LogP contribution < -0.4 is 10.6 Å². The molecule has 1 atom stereocenters. The summed E-state index contributed by atoms with van der Waals surface area (Å²) in [4.78, 5) is 11.2. The maximum Gasteiger partial charge on any atom is 0.401 e. The average molecular weight is 268 g/mol. The van der Waals surface area contributed by atoms with Gasteiger partial charge in [-0.3, -0.25) is 4.79 Å². The third-order valence-corrected chi connectivity index (χ3v) is 2.67. The summed E-state index contributed by atoms with van der Waals surface area (Å²) in [6.45, 7) is -0.264. The van der Waals surface area contributed by atoms with Gasteiger partial charge in [-0.1, -0.05) is 0 Å². The van der Waals surface area contributed by atoms with E-state index >= 15 is 0 Å². The van der Waals surface area contributed by atoms with Crippen LogP contribution in [0.5, 0.6) is 0 Å². The molecule has 0 aromatic carbocycles. The van der Waals surface area contributed by atoms with E-state index in [0.29, 0.717) is 13.0 Å². The van der Waals surface area contributed by atoms with Crippen LogP contribution >= 0.6 is 0 Å². The summed E-state index contributed by atoms with van der Waals surface area (Å²) >= 11 is 0. The van der Waals surface area contributed by atoms with E-state index < -0.39 is 18.6 Å². The molecule has 1 unspecified atom stereocenters.